The Labute approximate surface area is 79.3 Å². The van der Waals surface area contributed by atoms with E-state index in [4.69, 9.17) is 5.26 Å². The molecular formula is C10H16N2O. The van der Waals surface area contributed by atoms with Crippen LogP contribution in [0.1, 0.15) is 26.7 Å². The van der Waals surface area contributed by atoms with E-state index in [0.29, 0.717) is 0 Å². The molecule has 2 atom stereocenters. The molecule has 0 saturated carbocycles. The number of nitriles is 1. The van der Waals surface area contributed by atoms with E-state index in [9.17, 15) is 4.79 Å². The lowest BCUT2D eigenvalue weighted by molar-refractivity contribution is -0.122. The van der Waals surface area contributed by atoms with Gasteiger partial charge < -0.3 is 0 Å². The topological polar surface area (TPSA) is 44.1 Å². The van der Waals surface area contributed by atoms with Crippen molar-refractivity contribution in [2.75, 3.05) is 13.1 Å². The highest BCUT2D eigenvalue weighted by Gasteiger charge is 2.25. The van der Waals surface area contributed by atoms with Crippen molar-refractivity contribution in [1.29, 1.82) is 5.26 Å². The Bertz CT molecular complexity index is 232. The number of ketones is 1. The molecule has 2 unspecified atom stereocenters. The summed E-state index contributed by atoms with van der Waals surface area (Å²) in [6.07, 6.45) is 2.03. The highest BCUT2D eigenvalue weighted by atomic mass is 16.1. The van der Waals surface area contributed by atoms with Gasteiger partial charge in [-0.25, -0.2) is 0 Å². The van der Waals surface area contributed by atoms with Crippen LogP contribution in [0, 0.1) is 17.2 Å². The third-order valence-electron chi connectivity index (χ3n) is 2.76. The predicted molar refractivity (Wildman–Crippen MR) is 50.1 cm³/mol. The molecule has 3 heteroatoms. The van der Waals surface area contributed by atoms with Crippen molar-refractivity contribution in [2.24, 2.45) is 5.92 Å². The van der Waals surface area contributed by atoms with Crippen molar-refractivity contribution >= 4 is 5.78 Å². The number of carbonyl (C=O) groups excluding carboxylic acids is 1. The molecule has 13 heavy (non-hydrogen) atoms. The molecule has 0 aromatic heterocycles. The zero-order valence-electron chi connectivity index (χ0n) is 8.29. The molecule has 1 aliphatic rings. The fourth-order valence-electron chi connectivity index (χ4n) is 1.77. The molecule has 1 aliphatic heterocycles. The number of hydrogen-bond donors (Lipinski definition) is 0. The normalized spacial score (nSPS) is 26.4. The lowest BCUT2D eigenvalue weighted by Crippen LogP contribution is -2.42. The maximum Gasteiger partial charge on any atom is 0.134 e. The van der Waals surface area contributed by atoms with E-state index < -0.39 is 0 Å². The van der Waals surface area contributed by atoms with Gasteiger partial charge in [-0.05, 0) is 33.2 Å². The van der Waals surface area contributed by atoms with Crippen molar-refractivity contribution in [1.82, 2.24) is 4.90 Å². The molecule has 0 amide bonds. The van der Waals surface area contributed by atoms with Gasteiger partial charge in [0.05, 0.1) is 12.1 Å². The smallest absolute Gasteiger partial charge is 0.134 e. The van der Waals surface area contributed by atoms with E-state index in [1.807, 2.05) is 6.92 Å². The molecule has 1 fully saturated rings. The summed E-state index contributed by atoms with van der Waals surface area (Å²) < 4.78 is 0. The van der Waals surface area contributed by atoms with E-state index >= 15 is 0 Å². The van der Waals surface area contributed by atoms with Crippen LogP contribution in [-0.4, -0.2) is 29.8 Å². The summed E-state index contributed by atoms with van der Waals surface area (Å²) in [6, 6.07) is 2.16. The highest BCUT2D eigenvalue weighted by molar-refractivity contribution is 5.78. The first-order valence-corrected chi connectivity index (χ1v) is 4.79. The maximum absolute atomic E-state index is 11.1. The summed E-state index contributed by atoms with van der Waals surface area (Å²) in [6.45, 7) is 5.26. The number of likely N-dealkylation sites (tertiary alicyclic amines) is 1. The molecule has 0 spiro atoms. The molecule has 0 N–H and O–H groups in total. The second-order valence-electron chi connectivity index (χ2n) is 3.75. The Hall–Kier alpha value is -0.880. The summed E-state index contributed by atoms with van der Waals surface area (Å²) >= 11 is 0. The number of Topliss-reactive ketones (excluding diaryl/α,β-unsaturated/α-hetero) is 1. The van der Waals surface area contributed by atoms with Crippen molar-refractivity contribution in [2.45, 2.75) is 32.7 Å². The second-order valence-corrected chi connectivity index (χ2v) is 3.75. The minimum Gasteiger partial charge on any atom is -0.300 e. The van der Waals surface area contributed by atoms with Gasteiger partial charge in [-0.2, -0.15) is 5.26 Å². The Kier molecular flexibility index (Phi) is 3.44. The van der Waals surface area contributed by atoms with Crippen molar-refractivity contribution in [3.63, 3.8) is 0 Å². The summed E-state index contributed by atoms with van der Waals surface area (Å²) in [5.74, 6) is 0.416. The first kappa shape index (κ1) is 10.2. The molecule has 3 nitrogen and oxygen atoms in total. The van der Waals surface area contributed by atoms with Gasteiger partial charge in [0.2, 0.25) is 0 Å². The first-order chi connectivity index (χ1) is 6.15. The van der Waals surface area contributed by atoms with E-state index in [-0.39, 0.29) is 17.7 Å². The van der Waals surface area contributed by atoms with Gasteiger partial charge in [-0.15, -0.1) is 0 Å². The van der Waals surface area contributed by atoms with E-state index in [0.717, 1.165) is 25.9 Å². The van der Waals surface area contributed by atoms with Crippen LogP contribution in [0.15, 0.2) is 0 Å². The van der Waals surface area contributed by atoms with Crippen LogP contribution in [0.4, 0.5) is 0 Å². The van der Waals surface area contributed by atoms with Crippen molar-refractivity contribution < 1.29 is 4.79 Å². The zero-order chi connectivity index (χ0) is 9.84. The highest BCUT2D eigenvalue weighted by Crippen LogP contribution is 2.18. The molecule has 0 aromatic carbocycles. The van der Waals surface area contributed by atoms with E-state index in [1.165, 1.54) is 0 Å². The van der Waals surface area contributed by atoms with E-state index in [2.05, 4.69) is 11.0 Å². The van der Waals surface area contributed by atoms with Crippen molar-refractivity contribution in [3.8, 4) is 6.07 Å². The monoisotopic (exact) mass is 180 g/mol. The molecule has 0 radical (unpaired) electrons. The van der Waals surface area contributed by atoms with Crippen LogP contribution in [0.2, 0.25) is 0 Å². The molecular weight excluding hydrogens is 164 g/mol. The largest absolute Gasteiger partial charge is 0.300 e. The summed E-state index contributed by atoms with van der Waals surface area (Å²) in [5, 5.41) is 8.74. The second kappa shape index (κ2) is 4.38. The van der Waals surface area contributed by atoms with Gasteiger partial charge in [0.15, 0.2) is 0 Å². The SMILES string of the molecule is CC(=O)C1CCCN(C(C)C#N)C1. The molecule has 0 aromatic rings. The maximum atomic E-state index is 11.1. The number of carbonyl (C=O) groups is 1. The van der Waals surface area contributed by atoms with Crippen molar-refractivity contribution in [3.05, 3.63) is 0 Å². The van der Waals surface area contributed by atoms with Gasteiger partial charge in [0.25, 0.3) is 0 Å². The number of rotatable bonds is 2. The average Bonchev–Trinajstić information content (AvgIpc) is 2.17. The lowest BCUT2D eigenvalue weighted by Gasteiger charge is -2.32. The Morgan fingerprint density at radius 3 is 2.92 bits per heavy atom. The minimum atomic E-state index is -0.0536. The van der Waals surface area contributed by atoms with Crippen LogP contribution in [-0.2, 0) is 4.79 Å². The molecule has 1 saturated heterocycles. The fraction of sp³-hybridized carbons (Fsp3) is 0.800. The minimum absolute atomic E-state index is 0.0536. The molecule has 1 heterocycles. The summed E-state index contributed by atoms with van der Waals surface area (Å²) in [5.41, 5.74) is 0. The van der Waals surface area contributed by atoms with Gasteiger partial charge >= 0.3 is 0 Å². The summed E-state index contributed by atoms with van der Waals surface area (Å²) in [4.78, 5) is 13.2. The van der Waals surface area contributed by atoms with Gasteiger partial charge in [0, 0.05) is 12.5 Å². The quantitative estimate of drug-likeness (QED) is 0.641. The molecule has 0 aliphatic carbocycles. The third-order valence-corrected chi connectivity index (χ3v) is 2.76. The molecule has 0 bridgehead atoms. The number of piperidine rings is 1. The van der Waals surface area contributed by atoms with Crippen LogP contribution < -0.4 is 0 Å². The van der Waals surface area contributed by atoms with Gasteiger partial charge in [0.1, 0.15) is 5.78 Å². The Morgan fingerprint density at radius 1 is 1.69 bits per heavy atom. The Morgan fingerprint density at radius 2 is 2.38 bits per heavy atom. The zero-order valence-corrected chi connectivity index (χ0v) is 8.29. The molecule has 1 rings (SSSR count). The average molecular weight is 180 g/mol. The standard InChI is InChI=1S/C10H16N2O/c1-8(6-11)12-5-3-4-10(7-12)9(2)13/h8,10H,3-5,7H2,1-2H3. The van der Waals surface area contributed by atoms with Crippen LogP contribution in [0.3, 0.4) is 0 Å². The first-order valence-electron chi connectivity index (χ1n) is 4.79. The Balaban J connectivity index is 2.52. The summed E-state index contributed by atoms with van der Waals surface area (Å²) in [7, 11) is 0. The van der Waals surface area contributed by atoms with E-state index in [1.54, 1.807) is 6.92 Å². The third kappa shape index (κ3) is 2.53. The van der Waals surface area contributed by atoms with Gasteiger partial charge in [-0.1, -0.05) is 0 Å². The van der Waals surface area contributed by atoms with Crippen LogP contribution >= 0.6 is 0 Å². The predicted octanol–water partition coefficient (Wildman–Crippen LogP) is 1.20. The number of nitrogens with zero attached hydrogens (tertiary/aromatic N) is 2. The molecule has 72 valence electrons. The number of hydrogen-bond acceptors (Lipinski definition) is 3. The van der Waals surface area contributed by atoms with Crippen LogP contribution in [0.25, 0.3) is 0 Å². The van der Waals surface area contributed by atoms with Gasteiger partial charge in [-0.3, -0.25) is 9.69 Å². The fourth-order valence-corrected chi connectivity index (χ4v) is 1.77. The lowest BCUT2D eigenvalue weighted by atomic mass is 9.94. The van der Waals surface area contributed by atoms with Crippen LogP contribution in [0.5, 0.6) is 0 Å².